The Hall–Kier alpha value is -3.93. The van der Waals surface area contributed by atoms with Crippen molar-refractivity contribution in [3.05, 3.63) is 53.6 Å². The lowest BCUT2D eigenvalue weighted by molar-refractivity contribution is 0.0166. The molecule has 3 N–H and O–H groups in total. The minimum Gasteiger partial charge on any atom is -0.475 e. The molecule has 0 saturated carbocycles. The van der Waals surface area contributed by atoms with Gasteiger partial charge < -0.3 is 25.3 Å². The number of pyridine rings is 1. The highest BCUT2D eigenvalue weighted by molar-refractivity contribution is 5.85. The molecule has 0 bridgehead atoms. The number of amides is 1. The molecule has 1 amide bonds. The fourth-order valence-corrected chi connectivity index (χ4v) is 4.13. The number of nitrogens with one attached hydrogen (secondary N) is 1. The lowest BCUT2D eigenvalue weighted by Gasteiger charge is -2.37. The summed E-state index contributed by atoms with van der Waals surface area (Å²) >= 11 is 0. The molecule has 3 heterocycles. The van der Waals surface area contributed by atoms with Gasteiger partial charge in [-0.05, 0) is 61.7 Å². The van der Waals surface area contributed by atoms with Gasteiger partial charge in [0.05, 0.1) is 23.9 Å². The van der Waals surface area contributed by atoms with Crippen molar-refractivity contribution in [1.29, 1.82) is 0 Å². The van der Waals surface area contributed by atoms with E-state index in [2.05, 4.69) is 20.3 Å². The van der Waals surface area contributed by atoms with Gasteiger partial charge in [0, 0.05) is 24.5 Å². The number of nitrogens with two attached hydrogens (primary N) is 1. The Morgan fingerprint density at radius 2 is 1.84 bits per heavy atom. The average Bonchev–Trinajstić information content (AvgIpc) is 2.87. The maximum absolute atomic E-state index is 13.7. The number of nitrogen functional groups attached to an aromatic ring is 1. The second-order valence-electron chi connectivity index (χ2n) is 8.64. The van der Waals surface area contributed by atoms with Crippen molar-refractivity contribution >= 4 is 12.0 Å². The largest absolute Gasteiger partial charge is 0.475 e. The van der Waals surface area contributed by atoms with Gasteiger partial charge in [0.1, 0.15) is 18.1 Å². The second-order valence-corrected chi connectivity index (χ2v) is 8.64. The Morgan fingerprint density at radius 3 is 2.49 bits per heavy atom. The van der Waals surface area contributed by atoms with E-state index >= 15 is 0 Å². The Bertz CT molecular complexity index is 1270. The zero-order valence-electron chi connectivity index (χ0n) is 20.3. The van der Waals surface area contributed by atoms with E-state index in [4.69, 9.17) is 19.9 Å². The van der Waals surface area contributed by atoms with Crippen LogP contribution in [-0.4, -0.2) is 53.5 Å². The van der Waals surface area contributed by atoms with Crippen molar-refractivity contribution in [3.63, 3.8) is 0 Å². The van der Waals surface area contributed by atoms with E-state index in [1.54, 1.807) is 13.0 Å². The normalized spacial score (nSPS) is 14.9. The molecule has 9 nitrogen and oxygen atoms in total. The van der Waals surface area contributed by atoms with Gasteiger partial charge in [-0.2, -0.15) is 4.98 Å². The summed E-state index contributed by atoms with van der Waals surface area (Å²) in [5.74, 6) is -0.589. The summed E-state index contributed by atoms with van der Waals surface area (Å²) in [5, 5.41) is 2.82. The lowest BCUT2D eigenvalue weighted by atomic mass is 9.91. The zero-order chi connectivity index (χ0) is 26.6. The van der Waals surface area contributed by atoms with Crippen LogP contribution in [0.2, 0.25) is 0 Å². The third-order valence-electron chi connectivity index (χ3n) is 5.98. The molecule has 0 unspecified atom stereocenters. The van der Waals surface area contributed by atoms with Gasteiger partial charge in [-0.25, -0.2) is 22.9 Å². The number of anilines is 1. The summed E-state index contributed by atoms with van der Waals surface area (Å²) in [7, 11) is 1.26. The molecule has 0 aliphatic carbocycles. The first kappa shape index (κ1) is 26.1. The van der Waals surface area contributed by atoms with Crippen molar-refractivity contribution in [2.24, 2.45) is 0 Å². The molecule has 0 radical (unpaired) electrons. The van der Waals surface area contributed by atoms with E-state index in [1.807, 2.05) is 0 Å². The van der Waals surface area contributed by atoms with Crippen LogP contribution in [0.5, 0.6) is 5.88 Å². The Morgan fingerprint density at radius 1 is 1.14 bits per heavy atom. The van der Waals surface area contributed by atoms with Gasteiger partial charge in [-0.3, -0.25) is 4.98 Å². The van der Waals surface area contributed by atoms with Crippen LogP contribution in [0, 0.1) is 12.7 Å². The van der Waals surface area contributed by atoms with Crippen LogP contribution in [0.3, 0.4) is 0 Å². The summed E-state index contributed by atoms with van der Waals surface area (Å²) in [6.45, 7) is 2.31. The molecule has 2 aromatic heterocycles. The molecule has 1 fully saturated rings. The number of ether oxygens (including phenoxy) is 3. The summed E-state index contributed by atoms with van der Waals surface area (Å²) in [6, 6.07) is 8.30. The van der Waals surface area contributed by atoms with Crippen LogP contribution >= 0.6 is 0 Å². The highest BCUT2D eigenvalue weighted by Gasteiger charge is 2.36. The monoisotopic (exact) mass is 517 g/mol. The number of hydrogen-bond donors (Lipinski definition) is 2. The molecular formula is C25H26F3N5O4. The molecule has 1 aromatic carbocycles. The maximum Gasteiger partial charge on any atom is 0.407 e. The van der Waals surface area contributed by atoms with Gasteiger partial charge in [-0.15, -0.1) is 0 Å². The fourth-order valence-electron chi connectivity index (χ4n) is 4.13. The summed E-state index contributed by atoms with van der Waals surface area (Å²) in [5.41, 5.74) is 6.40. The fraction of sp³-hybridized carbons (Fsp3) is 0.360. The number of hydrogen-bond acceptors (Lipinski definition) is 8. The van der Waals surface area contributed by atoms with Gasteiger partial charge >= 0.3 is 6.09 Å². The number of rotatable bonds is 7. The first-order valence-corrected chi connectivity index (χ1v) is 11.5. The number of nitrogens with zero attached hydrogens (tertiary/aromatic N) is 3. The minimum atomic E-state index is -2.82. The topological polar surface area (TPSA) is 121 Å². The standard InChI is InChI=1S/C25H26F3N5O4/c1-14-11-16(12-18(30-14)21(27)28)19-20(15-3-5-17(26)6-4-15)31-23(29)32-22(19)37-13-25(33-24(34)35-2)7-9-36-10-8-25/h3-6,11-12,21H,7-10,13H2,1-2H3,(H,33,34)(H2,29,31,32). The van der Waals surface area contributed by atoms with E-state index in [0.29, 0.717) is 42.9 Å². The minimum absolute atomic E-state index is 0.00942. The van der Waals surface area contributed by atoms with Crippen LogP contribution in [-0.2, 0) is 9.47 Å². The molecule has 1 aliphatic heterocycles. The summed E-state index contributed by atoms with van der Waals surface area (Å²) < 4.78 is 57.3. The number of methoxy groups -OCH3 is 1. The first-order valence-electron chi connectivity index (χ1n) is 11.5. The highest BCUT2D eigenvalue weighted by atomic mass is 19.3. The third kappa shape index (κ3) is 6.08. The molecule has 1 saturated heterocycles. The number of alkyl carbamates (subject to hydrolysis) is 1. The second kappa shape index (κ2) is 11.0. The number of alkyl halides is 2. The van der Waals surface area contributed by atoms with E-state index in [-0.39, 0.29) is 29.7 Å². The summed E-state index contributed by atoms with van der Waals surface area (Å²) in [6.07, 6.45) is -2.58. The van der Waals surface area contributed by atoms with Crippen LogP contribution in [0.1, 0.15) is 30.7 Å². The van der Waals surface area contributed by atoms with Gasteiger partial charge in [-0.1, -0.05) is 0 Å². The lowest BCUT2D eigenvalue weighted by Crippen LogP contribution is -2.55. The van der Waals surface area contributed by atoms with Crippen molar-refractivity contribution in [2.75, 3.05) is 32.7 Å². The van der Waals surface area contributed by atoms with Crippen molar-refractivity contribution in [1.82, 2.24) is 20.3 Å². The van der Waals surface area contributed by atoms with E-state index in [1.165, 1.54) is 37.4 Å². The number of carbonyl (C=O) groups is 1. The van der Waals surface area contributed by atoms with E-state index in [0.717, 1.165) is 0 Å². The van der Waals surface area contributed by atoms with Crippen LogP contribution in [0.25, 0.3) is 22.4 Å². The molecule has 37 heavy (non-hydrogen) atoms. The zero-order valence-corrected chi connectivity index (χ0v) is 20.3. The Kier molecular flexibility index (Phi) is 7.77. The number of aryl methyl sites for hydroxylation is 1. The van der Waals surface area contributed by atoms with Crippen molar-refractivity contribution in [3.8, 4) is 28.3 Å². The SMILES string of the molecule is COC(=O)NC1(COc2nc(N)nc(-c3ccc(F)cc3)c2-c2cc(C)nc(C(F)F)c2)CCOCC1. The van der Waals surface area contributed by atoms with E-state index < -0.39 is 29.6 Å². The smallest absolute Gasteiger partial charge is 0.407 e. The van der Waals surface area contributed by atoms with Crippen LogP contribution < -0.4 is 15.8 Å². The molecule has 12 heteroatoms. The van der Waals surface area contributed by atoms with Gasteiger partial charge in [0.15, 0.2) is 0 Å². The average molecular weight is 518 g/mol. The van der Waals surface area contributed by atoms with Crippen molar-refractivity contribution < 1.29 is 32.2 Å². The molecule has 1 aliphatic rings. The molecule has 196 valence electrons. The Labute approximate surface area is 211 Å². The van der Waals surface area contributed by atoms with Crippen LogP contribution in [0.15, 0.2) is 36.4 Å². The predicted molar refractivity (Wildman–Crippen MR) is 129 cm³/mol. The maximum atomic E-state index is 13.7. The number of halogens is 3. The number of carbonyl (C=O) groups excluding carboxylic acids is 1. The molecule has 4 rings (SSSR count). The van der Waals surface area contributed by atoms with Crippen LogP contribution in [0.4, 0.5) is 23.9 Å². The molecule has 0 spiro atoms. The number of aromatic nitrogens is 3. The quantitative estimate of drug-likeness (QED) is 0.471. The molecular weight excluding hydrogens is 491 g/mol. The first-order chi connectivity index (χ1) is 17.7. The van der Waals surface area contributed by atoms with Crippen molar-refractivity contribution in [2.45, 2.75) is 31.7 Å². The molecule has 0 atom stereocenters. The summed E-state index contributed by atoms with van der Waals surface area (Å²) in [4.78, 5) is 24.6. The molecule has 3 aromatic rings. The van der Waals surface area contributed by atoms with E-state index in [9.17, 15) is 18.0 Å². The number of benzene rings is 1. The third-order valence-corrected chi connectivity index (χ3v) is 5.98. The predicted octanol–water partition coefficient (Wildman–Crippen LogP) is 4.46. The Balaban J connectivity index is 1.84. The van der Waals surface area contributed by atoms with Gasteiger partial charge in [0.25, 0.3) is 6.43 Å². The highest BCUT2D eigenvalue weighted by Crippen LogP contribution is 2.39. The van der Waals surface area contributed by atoms with Gasteiger partial charge in [0.2, 0.25) is 11.8 Å².